The molecule has 5 rings (SSSR count). The number of hydrogen-bond acceptors (Lipinski definition) is 4. The molecule has 0 bridgehead atoms. The lowest BCUT2D eigenvalue weighted by Crippen LogP contribution is -2.57. The monoisotopic (exact) mass is 464 g/mol. The number of nitrogens with zero attached hydrogens (tertiary/aromatic N) is 3. The number of hydrogen-bond donors (Lipinski definition) is 1. The molecule has 1 N–H and O–H groups in total. The fourth-order valence-corrected chi connectivity index (χ4v) is 5.19. The van der Waals surface area contributed by atoms with E-state index in [-0.39, 0.29) is 42.7 Å². The Labute approximate surface area is 198 Å². The second-order valence-electron chi connectivity index (χ2n) is 9.20. The van der Waals surface area contributed by atoms with Gasteiger partial charge in [0.05, 0.1) is 11.4 Å². The molecular formula is C26H29FN4O3. The van der Waals surface area contributed by atoms with E-state index in [2.05, 4.69) is 10.2 Å². The summed E-state index contributed by atoms with van der Waals surface area (Å²) in [7, 11) is 0. The van der Waals surface area contributed by atoms with E-state index in [4.69, 9.17) is 0 Å². The molecule has 1 atom stereocenters. The zero-order chi connectivity index (χ0) is 23.7. The van der Waals surface area contributed by atoms with E-state index in [1.807, 2.05) is 17.0 Å². The molecule has 0 radical (unpaired) electrons. The summed E-state index contributed by atoms with van der Waals surface area (Å²) in [5.41, 5.74) is 2.39. The lowest BCUT2D eigenvalue weighted by molar-refractivity contribution is -0.125. The van der Waals surface area contributed by atoms with E-state index in [1.54, 1.807) is 24.3 Å². The van der Waals surface area contributed by atoms with Crippen molar-refractivity contribution < 1.29 is 18.8 Å². The third-order valence-corrected chi connectivity index (χ3v) is 7.01. The van der Waals surface area contributed by atoms with E-state index in [1.165, 1.54) is 11.0 Å². The Bertz CT molecular complexity index is 1110. The summed E-state index contributed by atoms with van der Waals surface area (Å²) in [6.07, 6.45) is 4.69. The molecule has 0 aliphatic carbocycles. The standard InChI is InChI=1S/C26H29FN4O3/c27-20-8-2-1-7-19(20)16-28-24(32)17-31-23-15-18(25(33)29-12-5-6-13-29)10-11-21(23)30-14-4-3-9-22(30)26(31)34/h1-2,7-8,10-11,15,22H,3-6,9,12-14,16-17H2,(H,28,32)/t22-/m0/s1. The molecular weight excluding hydrogens is 435 g/mol. The molecule has 34 heavy (non-hydrogen) atoms. The number of anilines is 2. The highest BCUT2D eigenvalue weighted by atomic mass is 19.1. The number of benzene rings is 2. The van der Waals surface area contributed by atoms with Crippen LogP contribution in [0, 0.1) is 5.82 Å². The maximum absolute atomic E-state index is 13.9. The first-order valence-electron chi connectivity index (χ1n) is 12.0. The first-order valence-corrected chi connectivity index (χ1v) is 12.0. The average molecular weight is 465 g/mol. The predicted octanol–water partition coefficient (Wildman–Crippen LogP) is 3.08. The van der Waals surface area contributed by atoms with Gasteiger partial charge in [-0.1, -0.05) is 18.2 Å². The first-order chi connectivity index (χ1) is 16.5. The number of nitrogens with one attached hydrogen (secondary N) is 1. The molecule has 3 amide bonds. The predicted molar refractivity (Wildman–Crippen MR) is 127 cm³/mol. The van der Waals surface area contributed by atoms with Crippen molar-refractivity contribution >= 4 is 29.1 Å². The van der Waals surface area contributed by atoms with Crippen LogP contribution in [-0.2, 0) is 16.1 Å². The fourth-order valence-electron chi connectivity index (χ4n) is 5.19. The second kappa shape index (κ2) is 9.44. The largest absolute Gasteiger partial charge is 0.358 e. The molecule has 3 aliphatic rings. The van der Waals surface area contributed by atoms with Gasteiger partial charge < -0.3 is 15.1 Å². The molecule has 2 saturated heterocycles. The van der Waals surface area contributed by atoms with Crippen molar-refractivity contribution in [3.05, 3.63) is 59.4 Å². The van der Waals surface area contributed by atoms with Gasteiger partial charge in [0.1, 0.15) is 18.4 Å². The zero-order valence-electron chi connectivity index (χ0n) is 19.1. The molecule has 3 heterocycles. The normalized spacial score (nSPS) is 19.6. The molecule has 0 aromatic heterocycles. The lowest BCUT2D eigenvalue weighted by Gasteiger charge is -2.45. The van der Waals surface area contributed by atoms with Crippen LogP contribution in [0.2, 0.25) is 0 Å². The topological polar surface area (TPSA) is 73.0 Å². The van der Waals surface area contributed by atoms with E-state index >= 15 is 0 Å². The minimum Gasteiger partial charge on any atom is -0.358 e. The van der Waals surface area contributed by atoms with E-state index in [0.29, 0.717) is 16.8 Å². The molecule has 3 aliphatic heterocycles. The van der Waals surface area contributed by atoms with E-state index < -0.39 is 0 Å². The highest BCUT2D eigenvalue weighted by Gasteiger charge is 2.40. The van der Waals surface area contributed by atoms with Crippen LogP contribution in [0.15, 0.2) is 42.5 Å². The van der Waals surface area contributed by atoms with Crippen molar-refractivity contribution in [3.8, 4) is 0 Å². The highest BCUT2D eigenvalue weighted by Crippen LogP contribution is 2.40. The maximum atomic E-state index is 13.9. The van der Waals surface area contributed by atoms with Gasteiger partial charge in [-0.2, -0.15) is 0 Å². The van der Waals surface area contributed by atoms with Crippen molar-refractivity contribution in [1.29, 1.82) is 0 Å². The number of piperidine rings is 1. The number of likely N-dealkylation sites (tertiary alicyclic amines) is 1. The number of halogens is 1. The van der Waals surface area contributed by atoms with Crippen molar-refractivity contribution in [2.24, 2.45) is 0 Å². The minimum absolute atomic E-state index is 0.0440. The van der Waals surface area contributed by atoms with Gasteiger partial charge in [0, 0.05) is 37.3 Å². The Kier molecular flexibility index (Phi) is 6.22. The van der Waals surface area contributed by atoms with Crippen molar-refractivity contribution in [3.63, 3.8) is 0 Å². The number of amides is 3. The Morgan fingerprint density at radius 3 is 2.53 bits per heavy atom. The van der Waals surface area contributed by atoms with Crippen LogP contribution in [0.4, 0.5) is 15.8 Å². The Morgan fingerprint density at radius 2 is 1.74 bits per heavy atom. The van der Waals surface area contributed by atoms with Crippen molar-refractivity contribution in [2.45, 2.75) is 44.7 Å². The molecule has 0 spiro atoms. The van der Waals surface area contributed by atoms with Crippen LogP contribution in [0.1, 0.15) is 48.0 Å². The maximum Gasteiger partial charge on any atom is 0.253 e. The molecule has 178 valence electrons. The van der Waals surface area contributed by atoms with Crippen LogP contribution in [-0.4, -0.2) is 54.8 Å². The summed E-state index contributed by atoms with van der Waals surface area (Å²) in [4.78, 5) is 44.8. The molecule has 0 unspecified atom stereocenters. The summed E-state index contributed by atoms with van der Waals surface area (Å²) in [5, 5.41) is 2.73. The van der Waals surface area contributed by atoms with Gasteiger partial charge in [0.2, 0.25) is 11.8 Å². The summed E-state index contributed by atoms with van der Waals surface area (Å²) in [6, 6.07) is 11.5. The summed E-state index contributed by atoms with van der Waals surface area (Å²) in [6.45, 7) is 2.13. The molecule has 8 heteroatoms. The first kappa shape index (κ1) is 22.4. The Morgan fingerprint density at radius 1 is 0.971 bits per heavy atom. The molecule has 7 nitrogen and oxygen atoms in total. The van der Waals surface area contributed by atoms with Gasteiger partial charge in [-0.05, 0) is 56.4 Å². The van der Waals surface area contributed by atoms with E-state index in [0.717, 1.165) is 57.4 Å². The summed E-state index contributed by atoms with van der Waals surface area (Å²) in [5.74, 6) is -0.926. The zero-order valence-corrected chi connectivity index (χ0v) is 19.1. The smallest absolute Gasteiger partial charge is 0.253 e. The van der Waals surface area contributed by atoms with Gasteiger partial charge in [0.15, 0.2) is 0 Å². The Balaban J connectivity index is 1.41. The molecule has 2 fully saturated rings. The SMILES string of the molecule is O=C(CN1C(=O)[C@@H]2CCCCN2c2ccc(C(=O)N3CCCC3)cc21)NCc1ccccc1F. The van der Waals surface area contributed by atoms with Gasteiger partial charge in [-0.15, -0.1) is 0 Å². The average Bonchev–Trinajstić information content (AvgIpc) is 3.40. The highest BCUT2D eigenvalue weighted by molar-refractivity contribution is 6.09. The quantitative estimate of drug-likeness (QED) is 0.738. The number of carbonyl (C=O) groups is 3. The van der Waals surface area contributed by atoms with Gasteiger partial charge in [-0.3, -0.25) is 19.3 Å². The molecule has 0 saturated carbocycles. The summed E-state index contributed by atoms with van der Waals surface area (Å²) >= 11 is 0. The number of rotatable bonds is 5. The number of carbonyl (C=O) groups excluding carboxylic acids is 3. The third kappa shape index (κ3) is 4.24. The number of fused-ring (bicyclic) bond motifs is 3. The summed E-state index contributed by atoms with van der Waals surface area (Å²) < 4.78 is 13.9. The van der Waals surface area contributed by atoms with Gasteiger partial charge >= 0.3 is 0 Å². The van der Waals surface area contributed by atoms with Crippen molar-refractivity contribution in [2.75, 3.05) is 36.0 Å². The third-order valence-electron chi connectivity index (χ3n) is 7.01. The molecule has 2 aromatic rings. The second-order valence-corrected chi connectivity index (χ2v) is 9.20. The van der Waals surface area contributed by atoms with Gasteiger partial charge in [0.25, 0.3) is 5.91 Å². The van der Waals surface area contributed by atoms with Crippen LogP contribution in [0.3, 0.4) is 0 Å². The Hall–Kier alpha value is -3.42. The van der Waals surface area contributed by atoms with Gasteiger partial charge in [-0.25, -0.2) is 4.39 Å². The van der Waals surface area contributed by atoms with Crippen molar-refractivity contribution in [1.82, 2.24) is 10.2 Å². The van der Waals surface area contributed by atoms with Crippen LogP contribution < -0.4 is 15.1 Å². The van der Waals surface area contributed by atoms with Crippen LogP contribution in [0.5, 0.6) is 0 Å². The minimum atomic E-state index is -0.384. The molecule has 2 aromatic carbocycles. The van der Waals surface area contributed by atoms with Crippen LogP contribution in [0.25, 0.3) is 0 Å². The van der Waals surface area contributed by atoms with Crippen LogP contribution >= 0.6 is 0 Å². The lowest BCUT2D eigenvalue weighted by atomic mass is 9.95. The fraction of sp³-hybridized carbons (Fsp3) is 0.423. The van der Waals surface area contributed by atoms with E-state index in [9.17, 15) is 18.8 Å².